The summed E-state index contributed by atoms with van der Waals surface area (Å²) in [4.78, 5) is 16.5. The first-order chi connectivity index (χ1) is 9.56. The molecular formula is C16H20N2OS. The van der Waals surface area contributed by atoms with Crippen molar-refractivity contribution in [3.05, 3.63) is 52.0 Å². The molecule has 1 aromatic heterocycles. The van der Waals surface area contributed by atoms with Gasteiger partial charge in [-0.2, -0.15) is 0 Å². The van der Waals surface area contributed by atoms with E-state index in [1.807, 2.05) is 42.6 Å². The Balaban J connectivity index is 1.92. The standard InChI is InChI=1S/C16H20N2OS/c1-11(2)16-18-14(10-20-16)9-15(19)17-12(3)13-7-5-4-6-8-13/h4-8,10-12H,9H2,1-3H3,(H,17,19)/t12-/m0/s1. The number of amides is 1. The SMILES string of the molecule is CC(C)c1nc(CC(=O)N[C@@H](C)c2ccccc2)cs1. The maximum atomic E-state index is 12.0. The summed E-state index contributed by atoms with van der Waals surface area (Å²) in [7, 11) is 0. The van der Waals surface area contributed by atoms with Crippen LogP contribution in [0, 0.1) is 0 Å². The molecule has 0 spiro atoms. The molecule has 2 rings (SSSR count). The van der Waals surface area contributed by atoms with Crippen molar-refractivity contribution < 1.29 is 4.79 Å². The number of hydrogen-bond donors (Lipinski definition) is 1. The van der Waals surface area contributed by atoms with Gasteiger partial charge >= 0.3 is 0 Å². The molecule has 0 saturated heterocycles. The summed E-state index contributed by atoms with van der Waals surface area (Å²) in [5.74, 6) is 0.432. The van der Waals surface area contributed by atoms with Crippen LogP contribution in [-0.2, 0) is 11.2 Å². The minimum Gasteiger partial charge on any atom is -0.349 e. The van der Waals surface area contributed by atoms with Crippen molar-refractivity contribution >= 4 is 17.2 Å². The van der Waals surface area contributed by atoms with Gasteiger partial charge in [-0.25, -0.2) is 4.98 Å². The summed E-state index contributed by atoms with van der Waals surface area (Å²) < 4.78 is 0. The molecule has 0 aliphatic heterocycles. The smallest absolute Gasteiger partial charge is 0.226 e. The first kappa shape index (κ1) is 14.7. The van der Waals surface area contributed by atoms with E-state index in [9.17, 15) is 4.79 Å². The van der Waals surface area contributed by atoms with Gasteiger partial charge < -0.3 is 5.32 Å². The van der Waals surface area contributed by atoms with Crippen LogP contribution >= 0.6 is 11.3 Å². The Hall–Kier alpha value is -1.68. The summed E-state index contributed by atoms with van der Waals surface area (Å²) in [5.41, 5.74) is 1.97. The lowest BCUT2D eigenvalue weighted by Crippen LogP contribution is -2.28. The van der Waals surface area contributed by atoms with Crippen LogP contribution < -0.4 is 5.32 Å². The molecule has 1 amide bonds. The van der Waals surface area contributed by atoms with E-state index in [-0.39, 0.29) is 11.9 Å². The molecule has 106 valence electrons. The molecule has 1 heterocycles. The number of benzene rings is 1. The Kier molecular flexibility index (Phi) is 4.90. The molecule has 0 fully saturated rings. The fourth-order valence-electron chi connectivity index (χ4n) is 1.95. The molecule has 1 atom stereocenters. The van der Waals surface area contributed by atoms with Crippen molar-refractivity contribution in [2.75, 3.05) is 0 Å². The Morgan fingerprint density at radius 1 is 1.25 bits per heavy atom. The highest BCUT2D eigenvalue weighted by Gasteiger charge is 2.12. The molecule has 2 aromatic rings. The minimum absolute atomic E-state index is 0.0157. The summed E-state index contributed by atoms with van der Waals surface area (Å²) in [6.45, 7) is 6.22. The van der Waals surface area contributed by atoms with E-state index in [4.69, 9.17) is 0 Å². The lowest BCUT2D eigenvalue weighted by molar-refractivity contribution is -0.121. The number of nitrogens with zero attached hydrogens (tertiary/aromatic N) is 1. The second-order valence-electron chi connectivity index (χ2n) is 5.21. The quantitative estimate of drug-likeness (QED) is 0.911. The second kappa shape index (κ2) is 6.66. The predicted octanol–water partition coefficient (Wildman–Crippen LogP) is 3.69. The number of carbonyl (C=O) groups excluding carboxylic acids is 1. The van der Waals surface area contributed by atoms with Crippen molar-refractivity contribution in [3.8, 4) is 0 Å². The van der Waals surface area contributed by atoms with Crippen LogP contribution in [0.15, 0.2) is 35.7 Å². The third-order valence-corrected chi connectivity index (χ3v) is 4.28. The van der Waals surface area contributed by atoms with Crippen molar-refractivity contribution in [1.82, 2.24) is 10.3 Å². The first-order valence-electron chi connectivity index (χ1n) is 6.85. The Morgan fingerprint density at radius 2 is 1.95 bits per heavy atom. The van der Waals surface area contributed by atoms with E-state index in [2.05, 4.69) is 24.1 Å². The van der Waals surface area contributed by atoms with Crippen molar-refractivity contribution in [1.29, 1.82) is 0 Å². The predicted molar refractivity (Wildman–Crippen MR) is 82.9 cm³/mol. The van der Waals surface area contributed by atoms with Crippen LogP contribution in [0.25, 0.3) is 0 Å². The number of nitrogens with one attached hydrogen (secondary N) is 1. The minimum atomic E-state index is 0.0157. The fourth-order valence-corrected chi connectivity index (χ4v) is 2.79. The third kappa shape index (κ3) is 3.90. The molecule has 0 saturated carbocycles. The number of thiazole rings is 1. The van der Waals surface area contributed by atoms with Crippen LogP contribution in [0.1, 0.15) is 49.0 Å². The van der Waals surface area contributed by atoms with Gasteiger partial charge in [-0.15, -0.1) is 11.3 Å². The molecule has 4 heteroatoms. The van der Waals surface area contributed by atoms with E-state index >= 15 is 0 Å². The summed E-state index contributed by atoms with van der Waals surface area (Å²) >= 11 is 1.62. The molecule has 20 heavy (non-hydrogen) atoms. The Labute approximate surface area is 124 Å². The topological polar surface area (TPSA) is 42.0 Å². The number of hydrogen-bond acceptors (Lipinski definition) is 3. The lowest BCUT2D eigenvalue weighted by atomic mass is 10.1. The van der Waals surface area contributed by atoms with Crippen LogP contribution in [0.3, 0.4) is 0 Å². The maximum absolute atomic E-state index is 12.0. The van der Waals surface area contributed by atoms with Gasteiger partial charge in [-0.05, 0) is 12.5 Å². The molecule has 0 aliphatic carbocycles. The molecule has 0 aliphatic rings. The van der Waals surface area contributed by atoms with Crippen molar-refractivity contribution in [2.24, 2.45) is 0 Å². The monoisotopic (exact) mass is 288 g/mol. The van der Waals surface area contributed by atoms with Gasteiger partial charge in [0.15, 0.2) is 0 Å². The van der Waals surface area contributed by atoms with E-state index in [1.165, 1.54) is 0 Å². The largest absolute Gasteiger partial charge is 0.349 e. The summed E-state index contributed by atoms with van der Waals surface area (Å²) in [6, 6.07) is 9.99. The fraction of sp³-hybridized carbons (Fsp3) is 0.375. The zero-order chi connectivity index (χ0) is 14.5. The van der Waals surface area contributed by atoms with Gasteiger partial charge in [0.1, 0.15) is 0 Å². The van der Waals surface area contributed by atoms with Crippen LogP contribution in [0.2, 0.25) is 0 Å². The van der Waals surface area contributed by atoms with Crippen molar-refractivity contribution in [3.63, 3.8) is 0 Å². The van der Waals surface area contributed by atoms with Crippen molar-refractivity contribution in [2.45, 2.75) is 39.2 Å². The van der Waals surface area contributed by atoms with E-state index in [0.717, 1.165) is 16.3 Å². The Bertz CT molecular complexity index is 563. The zero-order valence-electron chi connectivity index (χ0n) is 12.1. The average molecular weight is 288 g/mol. The first-order valence-corrected chi connectivity index (χ1v) is 7.73. The van der Waals surface area contributed by atoms with E-state index < -0.39 is 0 Å². The van der Waals surface area contributed by atoms with Crippen LogP contribution in [0.5, 0.6) is 0 Å². The van der Waals surface area contributed by atoms with E-state index in [0.29, 0.717) is 12.3 Å². The van der Waals surface area contributed by atoms with Gasteiger partial charge in [0.25, 0.3) is 0 Å². The maximum Gasteiger partial charge on any atom is 0.226 e. The molecule has 0 bridgehead atoms. The molecular weight excluding hydrogens is 268 g/mol. The zero-order valence-corrected chi connectivity index (χ0v) is 12.9. The number of carbonyl (C=O) groups is 1. The van der Waals surface area contributed by atoms with Gasteiger partial charge in [0, 0.05) is 11.3 Å². The highest BCUT2D eigenvalue weighted by atomic mass is 32.1. The number of aromatic nitrogens is 1. The summed E-state index contributed by atoms with van der Waals surface area (Å²) in [5, 5.41) is 6.07. The Morgan fingerprint density at radius 3 is 2.55 bits per heavy atom. The van der Waals surface area contributed by atoms with Crippen LogP contribution in [0.4, 0.5) is 0 Å². The van der Waals surface area contributed by atoms with E-state index in [1.54, 1.807) is 11.3 Å². The lowest BCUT2D eigenvalue weighted by Gasteiger charge is -2.13. The normalized spacial score (nSPS) is 12.4. The number of rotatable bonds is 5. The molecule has 0 radical (unpaired) electrons. The molecule has 1 N–H and O–H groups in total. The highest BCUT2D eigenvalue weighted by Crippen LogP contribution is 2.19. The highest BCUT2D eigenvalue weighted by molar-refractivity contribution is 7.09. The average Bonchev–Trinajstić information content (AvgIpc) is 2.88. The van der Waals surface area contributed by atoms with Gasteiger partial charge in [0.05, 0.1) is 23.2 Å². The van der Waals surface area contributed by atoms with Gasteiger partial charge in [-0.1, -0.05) is 44.2 Å². The summed E-state index contributed by atoms with van der Waals surface area (Å²) in [6.07, 6.45) is 0.348. The van der Waals surface area contributed by atoms with Gasteiger partial charge in [-0.3, -0.25) is 4.79 Å². The molecule has 1 aromatic carbocycles. The molecule has 0 unspecified atom stereocenters. The molecule has 3 nitrogen and oxygen atoms in total. The van der Waals surface area contributed by atoms with Crippen LogP contribution in [-0.4, -0.2) is 10.9 Å². The third-order valence-electron chi connectivity index (χ3n) is 3.08. The van der Waals surface area contributed by atoms with Gasteiger partial charge in [0.2, 0.25) is 5.91 Å². The second-order valence-corrected chi connectivity index (χ2v) is 6.10.